The number of ether oxygens (including phenoxy) is 3. The van der Waals surface area contributed by atoms with Crippen molar-refractivity contribution in [1.29, 1.82) is 0 Å². The fraction of sp³-hybridized carbons (Fsp3) is 0.553. The predicted octanol–water partition coefficient (Wildman–Crippen LogP) is 6.75. The Morgan fingerprint density at radius 3 is 2.66 bits per heavy atom. The lowest BCUT2D eigenvalue weighted by molar-refractivity contribution is -0.119. The van der Waals surface area contributed by atoms with Crippen LogP contribution >= 0.6 is 0 Å². The number of aliphatic hydroxyl groups is 1. The van der Waals surface area contributed by atoms with Crippen LogP contribution in [-0.4, -0.2) is 89.0 Å². The Bertz CT molecular complexity index is 1950. The van der Waals surface area contributed by atoms with Crippen molar-refractivity contribution in [2.24, 2.45) is 5.41 Å². The maximum absolute atomic E-state index is 17.2. The zero-order valence-electron chi connectivity index (χ0n) is 28.9. The van der Waals surface area contributed by atoms with E-state index in [-0.39, 0.29) is 41.9 Å². The molecule has 2 aromatic carbocycles. The van der Waals surface area contributed by atoms with Gasteiger partial charge >= 0.3 is 6.01 Å². The molecular formula is C38H44F3N5O4. The summed E-state index contributed by atoms with van der Waals surface area (Å²) in [4.78, 5) is 18.5. The SMILES string of the molecule is CCc1c(F)ccc2cc(OCOC)cc(-c3ncc4c(N5CCCC6(C5)CC(C)(O)C6)nc(OC[C@@]56CCCN5C[C@H](F)C6)nc4c3F)c12. The number of methoxy groups -OCH3 is 1. The van der Waals surface area contributed by atoms with Gasteiger partial charge in [-0.05, 0) is 98.4 Å². The number of aromatic nitrogens is 3. The highest BCUT2D eigenvalue weighted by Gasteiger charge is 2.53. The lowest BCUT2D eigenvalue weighted by atomic mass is 9.56. The number of halogens is 3. The molecule has 50 heavy (non-hydrogen) atoms. The van der Waals surface area contributed by atoms with E-state index in [9.17, 15) is 9.50 Å². The van der Waals surface area contributed by atoms with Crippen LogP contribution in [0.15, 0.2) is 30.5 Å². The Kier molecular flexibility index (Phi) is 8.34. The van der Waals surface area contributed by atoms with E-state index in [0.717, 1.165) is 32.2 Å². The van der Waals surface area contributed by atoms with Crippen LogP contribution in [0.3, 0.4) is 0 Å². The summed E-state index contributed by atoms with van der Waals surface area (Å²) in [5.41, 5.74) is -0.327. The molecule has 266 valence electrons. The fourth-order valence-corrected chi connectivity index (χ4v) is 9.63. The van der Waals surface area contributed by atoms with Crippen molar-refractivity contribution in [2.75, 3.05) is 51.6 Å². The molecule has 12 heteroatoms. The maximum atomic E-state index is 17.2. The summed E-state index contributed by atoms with van der Waals surface area (Å²) in [6.45, 7) is 6.47. The molecule has 4 aromatic rings. The van der Waals surface area contributed by atoms with Gasteiger partial charge in [0.1, 0.15) is 41.4 Å². The first-order valence-corrected chi connectivity index (χ1v) is 17.8. The van der Waals surface area contributed by atoms with E-state index in [1.54, 1.807) is 24.4 Å². The standard InChI is InChI=1S/C38H44F3N5O4/c1-4-26-29(40)8-7-23-13-25(50-22-48-3)14-27(30(23)26)32-31(41)33-28(16-42-32)34(45-11-5-9-37(20-45)18-36(2,47)19-37)44-35(43-33)49-21-38-10-6-12-46(38)17-24(39)15-38/h7-8,13-14,16,24,47H,4-6,9-12,15,17-22H2,1-3H3/t24-,36?,37?,38+/m1/s1. The van der Waals surface area contributed by atoms with E-state index in [2.05, 4.69) is 19.8 Å². The minimum Gasteiger partial charge on any atom is -0.468 e. The molecular weight excluding hydrogens is 647 g/mol. The number of fused-ring (bicyclic) bond motifs is 3. The second-order valence-corrected chi connectivity index (χ2v) is 15.3. The summed E-state index contributed by atoms with van der Waals surface area (Å²) in [6.07, 6.45) is 6.49. The molecule has 1 saturated carbocycles. The molecule has 3 aliphatic heterocycles. The average Bonchev–Trinajstić information content (AvgIpc) is 3.61. The molecule has 0 amide bonds. The van der Waals surface area contributed by atoms with Crippen molar-refractivity contribution in [3.05, 3.63) is 47.7 Å². The lowest BCUT2D eigenvalue weighted by Gasteiger charge is -2.56. The Labute approximate surface area is 289 Å². The highest BCUT2D eigenvalue weighted by atomic mass is 19.1. The van der Waals surface area contributed by atoms with Crippen LogP contribution in [0.2, 0.25) is 0 Å². The van der Waals surface area contributed by atoms with Crippen molar-refractivity contribution in [3.8, 4) is 23.0 Å². The molecule has 0 radical (unpaired) electrons. The van der Waals surface area contributed by atoms with Crippen LogP contribution in [0, 0.1) is 17.0 Å². The number of alkyl halides is 1. The first kappa shape index (κ1) is 33.4. The summed E-state index contributed by atoms with van der Waals surface area (Å²) in [7, 11) is 1.51. The third-order valence-corrected chi connectivity index (χ3v) is 11.4. The van der Waals surface area contributed by atoms with Gasteiger partial charge in [0.2, 0.25) is 0 Å². The molecule has 2 aromatic heterocycles. The molecule has 5 heterocycles. The normalized spacial score (nSPS) is 28.1. The Balaban J connectivity index is 1.26. The van der Waals surface area contributed by atoms with Gasteiger partial charge in [-0.1, -0.05) is 13.0 Å². The Morgan fingerprint density at radius 1 is 1.06 bits per heavy atom. The van der Waals surface area contributed by atoms with Gasteiger partial charge in [-0.15, -0.1) is 0 Å². The molecule has 4 fully saturated rings. The minimum atomic E-state index is -0.918. The van der Waals surface area contributed by atoms with Gasteiger partial charge in [0, 0.05) is 44.9 Å². The summed E-state index contributed by atoms with van der Waals surface area (Å²) in [5, 5.41) is 12.3. The third-order valence-electron chi connectivity index (χ3n) is 11.4. The number of piperidine rings is 1. The van der Waals surface area contributed by atoms with Crippen LogP contribution in [0.1, 0.15) is 64.4 Å². The number of hydrogen-bond acceptors (Lipinski definition) is 9. The smallest absolute Gasteiger partial charge is 0.319 e. The highest BCUT2D eigenvalue weighted by Crippen LogP contribution is 2.54. The average molecular weight is 692 g/mol. The van der Waals surface area contributed by atoms with Crippen LogP contribution < -0.4 is 14.4 Å². The van der Waals surface area contributed by atoms with Crippen molar-refractivity contribution < 1.29 is 32.5 Å². The highest BCUT2D eigenvalue weighted by molar-refractivity contribution is 6.01. The molecule has 2 atom stereocenters. The van der Waals surface area contributed by atoms with E-state index in [1.807, 2.05) is 13.8 Å². The Morgan fingerprint density at radius 2 is 1.88 bits per heavy atom. The minimum absolute atomic E-state index is 0.00282. The number of pyridine rings is 1. The van der Waals surface area contributed by atoms with Crippen LogP contribution in [0.25, 0.3) is 32.9 Å². The molecule has 9 nitrogen and oxygen atoms in total. The van der Waals surface area contributed by atoms with Crippen molar-refractivity contribution >= 4 is 27.5 Å². The molecule has 4 aliphatic rings. The zero-order valence-corrected chi connectivity index (χ0v) is 28.9. The number of rotatable bonds is 9. The largest absolute Gasteiger partial charge is 0.468 e. The van der Waals surface area contributed by atoms with Crippen molar-refractivity contribution in [2.45, 2.75) is 82.5 Å². The Hall–Kier alpha value is -3.74. The molecule has 1 aliphatic carbocycles. The van der Waals surface area contributed by atoms with E-state index < -0.39 is 23.1 Å². The second kappa shape index (κ2) is 12.5. The van der Waals surface area contributed by atoms with Gasteiger partial charge in [0.15, 0.2) is 12.6 Å². The molecule has 0 unspecified atom stereocenters. The monoisotopic (exact) mass is 691 g/mol. The van der Waals surface area contributed by atoms with E-state index in [1.165, 1.54) is 13.2 Å². The summed E-state index contributed by atoms with van der Waals surface area (Å²) >= 11 is 0. The summed E-state index contributed by atoms with van der Waals surface area (Å²) < 4.78 is 64.2. The number of hydrogen-bond donors (Lipinski definition) is 1. The number of aryl methyl sites for hydroxylation is 1. The maximum Gasteiger partial charge on any atom is 0.319 e. The topological polar surface area (TPSA) is 93.1 Å². The van der Waals surface area contributed by atoms with Gasteiger partial charge in [-0.2, -0.15) is 9.97 Å². The number of nitrogens with zero attached hydrogens (tertiary/aromatic N) is 5. The predicted molar refractivity (Wildman–Crippen MR) is 184 cm³/mol. The van der Waals surface area contributed by atoms with Crippen molar-refractivity contribution in [3.63, 3.8) is 0 Å². The molecule has 1 spiro atoms. The third kappa shape index (κ3) is 5.73. The molecule has 3 saturated heterocycles. The lowest BCUT2D eigenvalue weighted by Crippen LogP contribution is -2.57. The zero-order chi connectivity index (χ0) is 34.8. The summed E-state index contributed by atoms with van der Waals surface area (Å²) in [5.74, 6) is -0.123. The molecule has 0 bridgehead atoms. The van der Waals surface area contributed by atoms with Crippen LogP contribution in [-0.2, 0) is 11.2 Å². The van der Waals surface area contributed by atoms with Gasteiger partial charge in [0.25, 0.3) is 0 Å². The quantitative estimate of drug-likeness (QED) is 0.191. The van der Waals surface area contributed by atoms with E-state index >= 15 is 8.78 Å². The summed E-state index contributed by atoms with van der Waals surface area (Å²) in [6, 6.07) is 6.52. The fourth-order valence-electron chi connectivity index (χ4n) is 9.63. The van der Waals surface area contributed by atoms with E-state index in [4.69, 9.17) is 19.2 Å². The first-order valence-electron chi connectivity index (χ1n) is 17.8. The van der Waals surface area contributed by atoms with Gasteiger partial charge < -0.3 is 24.2 Å². The van der Waals surface area contributed by atoms with Crippen molar-refractivity contribution in [1.82, 2.24) is 19.9 Å². The first-order chi connectivity index (χ1) is 24.0. The van der Waals surface area contributed by atoms with Crippen LogP contribution in [0.4, 0.5) is 19.0 Å². The van der Waals surface area contributed by atoms with E-state index in [0.29, 0.717) is 84.2 Å². The second-order valence-electron chi connectivity index (χ2n) is 15.3. The number of anilines is 1. The molecule has 1 N–H and O–H groups in total. The molecule has 8 rings (SSSR count). The van der Waals surface area contributed by atoms with Gasteiger partial charge in [0.05, 0.1) is 16.5 Å². The van der Waals surface area contributed by atoms with Gasteiger partial charge in [-0.25, -0.2) is 13.2 Å². The van der Waals surface area contributed by atoms with Gasteiger partial charge in [-0.3, -0.25) is 9.88 Å². The number of benzene rings is 2. The van der Waals surface area contributed by atoms with Crippen LogP contribution in [0.5, 0.6) is 11.8 Å².